The summed E-state index contributed by atoms with van der Waals surface area (Å²) in [5, 5.41) is 2.35. The van der Waals surface area contributed by atoms with E-state index in [1.54, 1.807) is 0 Å². The minimum absolute atomic E-state index is 0.548. The topological polar surface area (TPSA) is 17.4 Å². The summed E-state index contributed by atoms with van der Waals surface area (Å²) in [6.45, 7) is 0. The fraction of sp³-hybridized carbons (Fsp3) is 0.0164. The first-order valence-corrected chi connectivity index (χ1v) is 22.0. The number of hydrogen-bond acceptors (Lipinski definition) is 2. The molecule has 300 valence electrons. The molecule has 0 N–H and O–H groups in total. The molecule has 0 atom stereocenters. The number of rotatable bonds is 6. The molecule has 0 fully saturated rings. The van der Waals surface area contributed by atoms with Gasteiger partial charge in [-0.1, -0.05) is 170 Å². The Kier molecular flexibility index (Phi) is 8.13. The Balaban J connectivity index is 0.937. The highest BCUT2D eigenvalue weighted by Gasteiger charge is 2.51. The van der Waals surface area contributed by atoms with Crippen molar-refractivity contribution in [2.75, 3.05) is 4.90 Å². The number of fused-ring (bicyclic) bond motifs is 12. The summed E-state index contributed by atoms with van der Waals surface area (Å²) in [5.41, 5.74) is 18.4. The largest absolute Gasteiger partial charge is 0.457 e. The molecule has 13 rings (SSSR count). The number of anilines is 3. The Bertz CT molecular complexity index is 3510. The molecule has 2 heterocycles. The van der Waals surface area contributed by atoms with Gasteiger partial charge in [0.05, 0.1) is 16.4 Å². The van der Waals surface area contributed by atoms with Gasteiger partial charge < -0.3 is 14.2 Å². The zero-order chi connectivity index (χ0) is 42.2. The van der Waals surface area contributed by atoms with Gasteiger partial charge in [0.25, 0.3) is 0 Å². The number of aromatic nitrogens is 1. The molecule has 2 aliphatic rings. The van der Waals surface area contributed by atoms with Gasteiger partial charge in [0.15, 0.2) is 0 Å². The van der Waals surface area contributed by atoms with E-state index in [0.29, 0.717) is 0 Å². The van der Waals surface area contributed by atoms with E-state index < -0.39 is 5.41 Å². The van der Waals surface area contributed by atoms with E-state index in [1.165, 1.54) is 55.5 Å². The van der Waals surface area contributed by atoms with Crippen LogP contribution in [-0.4, -0.2) is 4.57 Å². The van der Waals surface area contributed by atoms with Crippen LogP contribution in [0.3, 0.4) is 0 Å². The van der Waals surface area contributed by atoms with E-state index in [4.69, 9.17) is 4.74 Å². The van der Waals surface area contributed by atoms with Crippen molar-refractivity contribution < 1.29 is 4.74 Å². The van der Waals surface area contributed by atoms with Crippen LogP contribution in [0.5, 0.6) is 11.5 Å². The third-order valence-corrected chi connectivity index (χ3v) is 13.5. The predicted molar refractivity (Wildman–Crippen MR) is 264 cm³/mol. The van der Waals surface area contributed by atoms with Gasteiger partial charge >= 0.3 is 0 Å². The van der Waals surface area contributed by atoms with Crippen LogP contribution in [0.25, 0.3) is 60.9 Å². The smallest absolute Gasteiger partial charge is 0.133 e. The van der Waals surface area contributed by atoms with Crippen molar-refractivity contribution in [3.05, 3.63) is 265 Å². The van der Waals surface area contributed by atoms with Crippen molar-refractivity contribution in [2.24, 2.45) is 0 Å². The first-order chi connectivity index (χ1) is 31.7. The second kappa shape index (κ2) is 14.3. The lowest BCUT2D eigenvalue weighted by molar-refractivity contribution is 0.437. The zero-order valence-electron chi connectivity index (χ0n) is 34.9. The highest BCUT2D eigenvalue weighted by molar-refractivity contribution is 6.10. The first-order valence-electron chi connectivity index (χ1n) is 22.0. The molecule has 1 aliphatic carbocycles. The Hall–Kier alpha value is -8.40. The first kappa shape index (κ1) is 36.3. The van der Waals surface area contributed by atoms with Gasteiger partial charge in [-0.05, 0) is 117 Å². The lowest BCUT2D eigenvalue weighted by Crippen LogP contribution is -2.32. The molecule has 0 unspecified atom stereocenters. The molecule has 0 bridgehead atoms. The molecule has 64 heavy (non-hydrogen) atoms. The van der Waals surface area contributed by atoms with Crippen LogP contribution < -0.4 is 9.64 Å². The minimum Gasteiger partial charge on any atom is -0.457 e. The number of para-hydroxylation sites is 3. The molecule has 0 amide bonds. The van der Waals surface area contributed by atoms with Crippen LogP contribution >= 0.6 is 0 Å². The second-order valence-electron chi connectivity index (χ2n) is 16.8. The van der Waals surface area contributed by atoms with Crippen LogP contribution in [0, 0.1) is 0 Å². The van der Waals surface area contributed by atoms with E-state index in [9.17, 15) is 0 Å². The Labute approximate surface area is 372 Å². The highest BCUT2D eigenvalue weighted by Crippen LogP contribution is 2.62. The van der Waals surface area contributed by atoms with Crippen LogP contribution in [0.1, 0.15) is 22.3 Å². The normalized spacial score (nSPS) is 12.9. The average molecular weight is 817 g/mol. The van der Waals surface area contributed by atoms with Gasteiger partial charge in [-0.15, -0.1) is 0 Å². The highest BCUT2D eigenvalue weighted by atomic mass is 16.5. The van der Waals surface area contributed by atoms with Crippen LogP contribution in [-0.2, 0) is 5.41 Å². The lowest BCUT2D eigenvalue weighted by atomic mass is 9.66. The molecule has 1 aromatic heterocycles. The second-order valence-corrected chi connectivity index (χ2v) is 16.8. The van der Waals surface area contributed by atoms with Crippen LogP contribution in [0.4, 0.5) is 17.1 Å². The number of ether oxygens (including phenoxy) is 1. The van der Waals surface area contributed by atoms with E-state index in [1.807, 2.05) is 0 Å². The summed E-state index contributed by atoms with van der Waals surface area (Å²) < 4.78 is 9.36. The number of benzene rings is 10. The van der Waals surface area contributed by atoms with E-state index in [0.717, 1.165) is 56.2 Å². The van der Waals surface area contributed by atoms with Gasteiger partial charge in [0, 0.05) is 44.6 Å². The maximum absolute atomic E-state index is 6.93. The molecular formula is C61H40N2O. The predicted octanol–water partition coefficient (Wildman–Crippen LogP) is 16.1. The van der Waals surface area contributed by atoms with Gasteiger partial charge in [-0.2, -0.15) is 0 Å². The third-order valence-electron chi connectivity index (χ3n) is 13.5. The summed E-state index contributed by atoms with van der Waals surface area (Å²) >= 11 is 0. The van der Waals surface area contributed by atoms with Gasteiger partial charge in [0.2, 0.25) is 0 Å². The molecule has 0 saturated heterocycles. The molecular weight excluding hydrogens is 777 g/mol. The number of hydrogen-bond donors (Lipinski definition) is 0. The van der Waals surface area contributed by atoms with Crippen molar-refractivity contribution >= 4 is 38.9 Å². The maximum Gasteiger partial charge on any atom is 0.133 e. The molecule has 3 heteroatoms. The van der Waals surface area contributed by atoms with Crippen molar-refractivity contribution in [1.82, 2.24) is 4.57 Å². The fourth-order valence-electron chi connectivity index (χ4n) is 10.7. The monoisotopic (exact) mass is 816 g/mol. The van der Waals surface area contributed by atoms with Gasteiger partial charge in [-0.3, -0.25) is 0 Å². The Morgan fingerprint density at radius 1 is 0.328 bits per heavy atom. The maximum atomic E-state index is 6.93. The minimum atomic E-state index is -0.548. The van der Waals surface area contributed by atoms with E-state index in [2.05, 4.69) is 252 Å². The fourth-order valence-corrected chi connectivity index (χ4v) is 10.7. The van der Waals surface area contributed by atoms with Crippen molar-refractivity contribution in [2.45, 2.75) is 5.41 Å². The summed E-state index contributed by atoms with van der Waals surface area (Å²) in [6.07, 6.45) is 0. The zero-order valence-corrected chi connectivity index (χ0v) is 34.9. The third kappa shape index (κ3) is 5.41. The van der Waals surface area contributed by atoms with Gasteiger partial charge in [-0.25, -0.2) is 0 Å². The van der Waals surface area contributed by atoms with Crippen molar-refractivity contribution in [1.29, 1.82) is 0 Å². The summed E-state index contributed by atoms with van der Waals surface area (Å²) in [7, 11) is 0. The number of nitrogens with zero attached hydrogens (tertiary/aromatic N) is 2. The SMILES string of the molecule is c1ccc(-c2ccc(-c3ccc(N(c4ccccc4)c4ccc(-n5c6ccccc6c6cc7c(cc65)C5(c6ccccc6O7)c6ccccc6-c6ccccc65)cc4)cc3)cc2)cc1. The molecule has 0 saturated carbocycles. The molecule has 3 nitrogen and oxygen atoms in total. The quantitative estimate of drug-likeness (QED) is 0.166. The summed E-state index contributed by atoms with van der Waals surface area (Å²) in [6, 6.07) is 87.9. The lowest BCUT2D eigenvalue weighted by Gasteiger charge is -2.39. The standard InChI is InChI=1S/C61H40N2O/c1-3-15-41(16-4-1)42-27-29-43(30-28-42)44-31-33-46(34-32-44)62(45-17-5-2-6-18-45)47-35-37-48(38-36-47)63-57-25-13-9-21-51(57)52-39-60-56(40-58(52)63)61(55-24-12-14-26-59(55)64-60)53-22-10-7-19-49(53)50-20-8-11-23-54(50)61/h1-40H. The Morgan fingerprint density at radius 2 is 0.812 bits per heavy atom. The van der Waals surface area contributed by atoms with E-state index >= 15 is 0 Å². The summed E-state index contributed by atoms with van der Waals surface area (Å²) in [4.78, 5) is 2.34. The Morgan fingerprint density at radius 3 is 1.47 bits per heavy atom. The van der Waals surface area contributed by atoms with Crippen molar-refractivity contribution in [3.8, 4) is 50.6 Å². The van der Waals surface area contributed by atoms with Crippen LogP contribution in [0.15, 0.2) is 243 Å². The molecule has 1 spiro atoms. The van der Waals surface area contributed by atoms with E-state index in [-0.39, 0.29) is 0 Å². The van der Waals surface area contributed by atoms with Crippen molar-refractivity contribution in [3.63, 3.8) is 0 Å². The van der Waals surface area contributed by atoms with Gasteiger partial charge in [0.1, 0.15) is 11.5 Å². The summed E-state index contributed by atoms with van der Waals surface area (Å²) in [5.74, 6) is 1.79. The van der Waals surface area contributed by atoms with Crippen LogP contribution in [0.2, 0.25) is 0 Å². The average Bonchev–Trinajstić information content (AvgIpc) is 3.85. The molecule has 10 aromatic carbocycles. The molecule has 1 aliphatic heterocycles. The molecule has 0 radical (unpaired) electrons. The molecule has 11 aromatic rings.